The Morgan fingerprint density at radius 3 is 2.81 bits per heavy atom. The summed E-state index contributed by atoms with van der Waals surface area (Å²) in [4.78, 5) is 0. The molecule has 3 atom stereocenters. The molecule has 0 amide bonds. The van der Waals surface area contributed by atoms with E-state index < -0.39 is 6.23 Å². The zero-order valence-electron chi connectivity index (χ0n) is 16.9. The Hall–Kier alpha value is -0.530. The van der Waals surface area contributed by atoms with Crippen LogP contribution in [0.2, 0.25) is 0 Å². The van der Waals surface area contributed by atoms with Crippen molar-refractivity contribution in [1.29, 1.82) is 0 Å². The van der Waals surface area contributed by atoms with Gasteiger partial charge in [0.2, 0.25) is 0 Å². The monoisotopic (exact) mass is 386 g/mol. The van der Waals surface area contributed by atoms with Crippen LogP contribution < -0.4 is 10.0 Å². The molecule has 1 heterocycles. The third-order valence-corrected chi connectivity index (χ3v) is 4.94. The average Bonchev–Trinajstić information content (AvgIpc) is 3.06. The number of ether oxygens (including phenoxy) is 2. The van der Waals surface area contributed by atoms with Gasteiger partial charge in [-0.1, -0.05) is 18.0 Å². The molecule has 1 aliphatic heterocycles. The van der Waals surface area contributed by atoms with Crippen molar-refractivity contribution in [3.05, 3.63) is 24.5 Å². The van der Waals surface area contributed by atoms with Gasteiger partial charge in [0.25, 0.3) is 0 Å². The van der Waals surface area contributed by atoms with Gasteiger partial charge in [0, 0.05) is 23.8 Å². The van der Waals surface area contributed by atoms with Crippen LogP contribution in [0.25, 0.3) is 0 Å². The van der Waals surface area contributed by atoms with Gasteiger partial charge in [-0.25, -0.2) is 0 Å². The van der Waals surface area contributed by atoms with E-state index in [2.05, 4.69) is 43.5 Å². The van der Waals surface area contributed by atoms with E-state index in [-0.39, 0.29) is 16.9 Å². The Labute approximate surface area is 164 Å². The van der Waals surface area contributed by atoms with E-state index in [1.807, 2.05) is 13.0 Å². The number of allylic oxidation sites excluding steroid dienone is 1. The summed E-state index contributed by atoms with van der Waals surface area (Å²) in [5, 5.41) is 13.4. The molecule has 1 saturated heterocycles. The second kappa shape index (κ2) is 12.8. The van der Waals surface area contributed by atoms with E-state index in [4.69, 9.17) is 9.47 Å². The zero-order chi connectivity index (χ0) is 19.4. The molecular formula is C20H38N2O3S. The lowest BCUT2D eigenvalue weighted by Crippen LogP contribution is -2.36. The van der Waals surface area contributed by atoms with E-state index in [0.717, 1.165) is 51.0 Å². The van der Waals surface area contributed by atoms with Gasteiger partial charge in [0.05, 0.1) is 19.0 Å². The molecule has 152 valence electrons. The molecule has 0 aliphatic carbocycles. The number of nitrogens with one attached hydrogen (secondary N) is 2. The standard InChI is InChI=1S/C20H38N2O3S/c1-6-17(11-10-16(2)25-18-12-14-24-15-18)22-19(23)9-7-8-13-21-26-20(3,4)5/h6,10,17-19,21-23H,1,7-9,11-15H2,2-5H3/b16-10+. The second-order valence-electron chi connectivity index (χ2n) is 7.78. The van der Waals surface area contributed by atoms with Crippen LogP contribution in [-0.4, -0.2) is 48.0 Å². The maximum Gasteiger partial charge on any atom is 0.124 e. The quantitative estimate of drug-likeness (QED) is 0.147. The van der Waals surface area contributed by atoms with Gasteiger partial charge in [-0.05, 0) is 59.5 Å². The number of hydrogen-bond acceptors (Lipinski definition) is 6. The molecule has 0 bridgehead atoms. The highest BCUT2D eigenvalue weighted by molar-refractivity contribution is 7.98. The van der Waals surface area contributed by atoms with Crippen molar-refractivity contribution in [2.75, 3.05) is 19.8 Å². The lowest BCUT2D eigenvalue weighted by molar-refractivity contribution is 0.0916. The van der Waals surface area contributed by atoms with Crippen molar-refractivity contribution in [1.82, 2.24) is 10.0 Å². The van der Waals surface area contributed by atoms with Crippen LogP contribution >= 0.6 is 11.9 Å². The predicted molar refractivity (Wildman–Crippen MR) is 111 cm³/mol. The Morgan fingerprint density at radius 1 is 1.42 bits per heavy atom. The summed E-state index contributed by atoms with van der Waals surface area (Å²) in [6, 6.07) is 0.0398. The maximum atomic E-state index is 10.2. The van der Waals surface area contributed by atoms with Crippen LogP contribution in [-0.2, 0) is 9.47 Å². The van der Waals surface area contributed by atoms with Gasteiger partial charge in [-0.2, -0.15) is 0 Å². The first kappa shape index (κ1) is 23.5. The SMILES string of the molecule is C=CC(C/C=C(\C)OC1CCOC1)NC(O)CCCCNSC(C)(C)C. The van der Waals surface area contributed by atoms with E-state index in [9.17, 15) is 5.11 Å². The summed E-state index contributed by atoms with van der Waals surface area (Å²) >= 11 is 1.76. The van der Waals surface area contributed by atoms with Crippen LogP contribution in [0.5, 0.6) is 0 Å². The van der Waals surface area contributed by atoms with Crippen LogP contribution in [0.3, 0.4) is 0 Å². The van der Waals surface area contributed by atoms with Crippen molar-refractivity contribution in [3.8, 4) is 0 Å². The molecule has 0 aromatic carbocycles. The highest BCUT2D eigenvalue weighted by Crippen LogP contribution is 2.19. The molecule has 6 heteroatoms. The number of hydrogen-bond donors (Lipinski definition) is 3. The van der Waals surface area contributed by atoms with E-state index in [1.54, 1.807) is 11.9 Å². The number of aliphatic hydroxyl groups is 1. The molecule has 0 aromatic rings. The van der Waals surface area contributed by atoms with Crippen molar-refractivity contribution in [2.45, 2.75) is 82.9 Å². The van der Waals surface area contributed by atoms with Gasteiger partial charge in [-0.15, -0.1) is 6.58 Å². The average molecular weight is 387 g/mol. The van der Waals surface area contributed by atoms with Crippen LogP contribution in [0.4, 0.5) is 0 Å². The maximum absolute atomic E-state index is 10.2. The Kier molecular flexibility index (Phi) is 11.6. The highest BCUT2D eigenvalue weighted by Gasteiger charge is 2.17. The molecule has 0 spiro atoms. The second-order valence-corrected chi connectivity index (χ2v) is 9.50. The number of unbranched alkanes of at least 4 members (excludes halogenated alkanes) is 1. The lowest BCUT2D eigenvalue weighted by Gasteiger charge is -2.20. The molecular weight excluding hydrogens is 348 g/mol. The molecule has 0 saturated carbocycles. The zero-order valence-corrected chi connectivity index (χ0v) is 17.7. The third-order valence-electron chi connectivity index (χ3n) is 3.98. The summed E-state index contributed by atoms with van der Waals surface area (Å²) in [6.07, 6.45) is 8.05. The molecule has 26 heavy (non-hydrogen) atoms. The Balaban J connectivity index is 2.15. The molecule has 0 radical (unpaired) electrons. The van der Waals surface area contributed by atoms with E-state index >= 15 is 0 Å². The Bertz CT molecular complexity index is 418. The minimum atomic E-state index is -0.508. The van der Waals surface area contributed by atoms with E-state index in [1.165, 1.54) is 0 Å². The molecule has 3 unspecified atom stereocenters. The first-order valence-corrected chi connectivity index (χ1v) is 10.5. The molecule has 1 fully saturated rings. The summed E-state index contributed by atoms with van der Waals surface area (Å²) in [7, 11) is 0. The molecule has 1 aliphatic rings. The van der Waals surface area contributed by atoms with Crippen molar-refractivity contribution < 1.29 is 14.6 Å². The fourth-order valence-corrected chi connectivity index (χ4v) is 3.25. The van der Waals surface area contributed by atoms with Gasteiger partial charge in [-0.3, -0.25) is 10.0 Å². The van der Waals surface area contributed by atoms with Crippen LogP contribution in [0.15, 0.2) is 24.5 Å². The summed E-state index contributed by atoms with van der Waals surface area (Å²) in [5.74, 6) is 0.908. The molecule has 0 aromatic heterocycles. The first-order chi connectivity index (χ1) is 12.3. The van der Waals surface area contributed by atoms with Crippen molar-refractivity contribution in [2.24, 2.45) is 0 Å². The predicted octanol–water partition coefficient (Wildman–Crippen LogP) is 3.76. The van der Waals surface area contributed by atoms with Crippen molar-refractivity contribution >= 4 is 11.9 Å². The first-order valence-electron chi connectivity index (χ1n) is 9.69. The van der Waals surface area contributed by atoms with E-state index in [0.29, 0.717) is 6.61 Å². The smallest absolute Gasteiger partial charge is 0.124 e. The summed E-state index contributed by atoms with van der Waals surface area (Å²) < 4.78 is 14.8. The molecule has 3 N–H and O–H groups in total. The fraction of sp³-hybridized carbons (Fsp3) is 0.800. The van der Waals surface area contributed by atoms with Crippen LogP contribution in [0.1, 0.15) is 59.8 Å². The third kappa shape index (κ3) is 12.0. The number of rotatable bonds is 13. The fourth-order valence-electron chi connectivity index (χ4n) is 2.57. The highest BCUT2D eigenvalue weighted by atomic mass is 32.2. The van der Waals surface area contributed by atoms with Gasteiger partial charge in [0.1, 0.15) is 12.3 Å². The molecule has 1 rings (SSSR count). The number of aliphatic hydroxyl groups excluding tert-OH is 1. The van der Waals surface area contributed by atoms with Crippen molar-refractivity contribution in [3.63, 3.8) is 0 Å². The van der Waals surface area contributed by atoms with Crippen LogP contribution in [0, 0.1) is 0 Å². The van der Waals surface area contributed by atoms with Gasteiger partial charge >= 0.3 is 0 Å². The lowest BCUT2D eigenvalue weighted by atomic mass is 10.1. The normalized spacial score (nSPS) is 20.8. The minimum absolute atomic E-state index is 0.0398. The van der Waals surface area contributed by atoms with Gasteiger partial charge < -0.3 is 14.6 Å². The topological polar surface area (TPSA) is 62.8 Å². The summed E-state index contributed by atoms with van der Waals surface area (Å²) in [6.45, 7) is 14.8. The minimum Gasteiger partial charge on any atom is -0.493 e. The van der Waals surface area contributed by atoms with Gasteiger partial charge in [0.15, 0.2) is 0 Å². The largest absolute Gasteiger partial charge is 0.493 e. The summed E-state index contributed by atoms with van der Waals surface area (Å²) in [5.41, 5.74) is 0. The molecule has 5 nitrogen and oxygen atoms in total. The Morgan fingerprint density at radius 2 is 2.19 bits per heavy atom.